The molecule has 0 saturated heterocycles. The van der Waals surface area contributed by atoms with E-state index in [-0.39, 0.29) is 6.54 Å². The Hall–Kier alpha value is -3.33. The summed E-state index contributed by atoms with van der Waals surface area (Å²) in [6.45, 7) is -0.272. The average molecular weight is 442 g/mol. The van der Waals surface area contributed by atoms with Crippen molar-refractivity contribution >= 4 is 33.0 Å². The number of benzene rings is 2. The van der Waals surface area contributed by atoms with Crippen LogP contribution in [0.25, 0.3) is 16.8 Å². The molecule has 0 atom stereocenters. The largest absolute Gasteiger partial charge is 0.324 e. The first-order valence-electron chi connectivity index (χ1n) is 8.26. The van der Waals surface area contributed by atoms with Crippen molar-refractivity contribution in [1.29, 1.82) is 0 Å². The number of nitrogens with zero attached hydrogens (tertiary/aromatic N) is 4. The van der Waals surface area contributed by atoms with Gasteiger partial charge in [0, 0.05) is 15.7 Å². The van der Waals surface area contributed by atoms with Crippen molar-refractivity contribution in [3.05, 3.63) is 81.6 Å². The van der Waals surface area contributed by atoms with Gasteiger partial charge in [0.2, 0.25) is 5.91 Å². The van der Waals surface area contributed by atoms with Crippen LogP contribution in [0.2, 0.25) is 0 Å². The number of halogens is 2. The van der Waals surface area contributed by atoms with Crippen molar-refractivity contribution in [2.24, 2.45) is 0 Å². The molecule has 0 aliphatic rings. The number of anilines is 1. The lowest BCUT2D eigenvalue weighted by molar-refractivity contribution is -0.117. The van der Waals surface area contributed by atoms with Gasteiger partial charge in [-0.25, -0.2) is 13.6 Å². The highest BCUT2D eigenvalue weighted by atomic mass is 79.9. The number of hydrogen-bond acceptors (Lipinski definition) is 4. The summed E-state index contributed by atoms with van der Waals surface area (Å²) in [7, 11) is 0. The third-order valence-electron chi connectivity index (χ3n) is 4.05. The Morgan fingerprint density at radius 3 is 2.54 bits per heavy atom. The Bertz CT molecular complexity index is 1220. The first-order chi connectivity index (χ1) is 13.5. The highest BCUT2D eigenvalue weighted by Gasteiger charge is 2.12. The van der Waals surface area contributed by atoms with Crippen LogP contribution in [0.1, 0.15) is 0 Å². The molecule has 0 spiro atoms. The van der Waals surface area contributed by atoms with Gasteiger partial charge in [-0.3, -0.25) is 9.59 Å². The van der Waals surface area contributed by atoms with Crippen molar-refractivity contribution in [1.82, 2.24) is 19.4 Å². The maximum Gasteiger partial charge on any atom is 0.293 e. The minimum Gasteiger partial charge on any atom is -0.324 e. The molecule has 9 heteroatoms. The average Bonchev–Trinajstić information content (AvgIpc) is 3.12. The Balaban J connectivity index is 1.59. The molecule has 2 aromatic heterocycles. The van der Waals surface area contributed by atoms with E-state index in [1.54, 1.807) is 6.07 Å². The monoisotopic (exact) mass is 441 g/mol. The van der Waals surface area contributed by atoms with E-state index >= 15 is 0 Å². The second-order valence-electron chi connectivity index (χ2n) is 6.02. The number of fused-ring (bicyclic) bond motifs is 1. The smallest absolute Gasteiger partial charge is 0.293 e. The summed E-state index contributed by atoms with van der Waals surface area (Å²) in [5, 5.41) is 11.0. The van der Waals surface area contributed by atoms with Crippen molar-refractivity contribution in [3.8, 4) is 11.3 Å². The van der Waals surface area contributed by atoms with E-state index < -0.39 is 17.3 Å². The molecule has 0 aliphatic carbocycles. The molecule has 4 aromatic rings. The zero-order valence-electron chi connectivity index (χ0n) is 14.3. The number of nitrogens with one attached hydrogen (secondary N) is 1. The van der Waals surface area contributed by atoms with E-state index in [9.17, 15) is 14.0 Å². The van der Waals surface area contributed by atoms with Crippen molar-refractivity contribution in [2.45, 2.75) is 6.54 Å². The van der Waals surface area contributed by atoms with Gasteiger partial charge in [-0.15, -0.1) is 0 Å². The van der Waals surface area contributed by atoms with Crippen LogP contribution in [0.3, 0.4) is 0 Å². The molecule has 0 bridgehead atoms. The third kappa shape index (κ3) is 3.70. The molecule has 140 valence electrons. The van der Waals surface area contributed by atoms with Crippen LogP contribution in [0.15, 0.2) is 70.2 Å². The van der Waals surface area contributed by atoms with E-state index in [1.165, 1.54) is 35.1 Å². The lowest BCUT2D eigenvalue weighted by Crippen LogP contribution is -2.30. The molecule has 2 aromatic carbocycles. The molecule has 0 aliphatic heterocycles. The van der Waals surface area contributed by atoms with Crippen LogP contribution >= 0.6 is 15.9 Å². The molecule has 0 fully saturated rings. The van der Waals surface area contributed by atoms with Gasteiger partial charge in [-0.05, 0) is 42.5 Å². The van der Waals surface area contributed by atoms with Gasteiger partial charge in [0.1, 0.15) is 24.2 Å². The second-order valence-corrected chi connectivity index (χ2v) is 6.93. The highest BCUT2D eigenvalue weighted by molar-refractivity contribution is 9.10. The summed E-state index contributed by atoms with van der Waals surface area (Å²) in [6, 6.07) is 14.5. The third-order valence-corrected chi connectivity index (χ3v) is 4.58. The molecule has 1 amide bonds. The van der Waals surface area contributed by atoms with Gasteiger partial charge >= 0.3 is 0 Å². The maximum atomic E-state index is 12.9. The fourth-order valence-corrected chi connectivity index (χ4v) is 2.95. The second kappa shape index (κ2) is 7.35. The number of carbonyl (C=O) groups excluding carboxylic acids is 1. The highest BCUT2D eigenvalue weighted by Crippen LogP contribution is 2.20. The molecule has 0 saturated carbocycles. The summed E-state index contributed by atoms with van der Waals surface area (Å²) < 4.78 is 16.3. The molecule has 28 heavy (non-hydrogen) atoms. The molecule has 0 radical (unpaired) electrons. The summed E-state index contributed by atoms with van der Waals surface area (Å²) in [5.74, 6) is -0.846. The van der Waals surface area contributed by atoms with Gasteiger partial charge in [0.05, 0.1) is 5.69 Å². The van der Waals surface area contributed by atoms with E-state index in [2.05, 4.69) is 31.4 Å². The van der Waals surface area contributed by atoms with Crippen molar-refractivity contribution in [3.63, 3.8) is 0 Å². The Morgan fingerprint density at radius 1 is 1.11 bits per heavy atom. The fourth-order valence-electron chi connectivity index (χ4n) is 2.68. The van der Waals surface area contributed by atoms with Crippen LogP contribution in [-0.4, -0.2) is 25.3 Å². The van der Waals surface area contributed by atoms with E-state index in [0.717, 1.165) is 14.7 Å². The lowest BCUT2D eigenvalue weighted by atomic mass is 10.1. The van der Waals surface area contributed by atoms with Gasteiger partial charge < -0.3 is 5.32 Å². The SMILES string of the molecule is O=C(Cn1ncn2nc(-c3ccc(Br)cc3)cc2c1=O)Nc1ccc(F)cc1. The normalized spacial score (nSPS) is 10.9. The first kappa shape index (κ1) is 18.1. The van der Waals surface area contributed by atoms with Crippen LogP contribution in [0, 0.1) is 5.82 Å². The fraction of sp³-hybridized carbons (Fsp3) is 0.0526. The summed E-state index contributed by atoms with van der Waals surface area (Å²) in [4.78, 5) is 24.8. The van der Waals surface area contributed by atoms with Gasteiger partial charge in [-0.1, -0.05) is 28.1 Å². The number of hydrogen-bond donors (Lipinski definition) is 1. The van der Waals surface area contributed by atoms with Crippen molar-refractivity contribution in [2.75, 3.05) is 5.32 Å². The molecule has 2 heterocycles. The van der Waals surface area contributed by atoms with E-state index in [1.807, 2.05) is 24.3 Å². The van der Waals surface area contributed by atoms with Crippen molar-refractivity contribution < 1.29 is 9.18 Å². The minimum atomic E-state index is -0.446. The minimum absolute atomic E-state index is 0.272. The molecule has 4 rings (SSSR count). The quantitative estimate of drug-likeness (QED) is 0.527. The molecular weight excluding hydrogens is 429 g/mol. The topological polar surface area (TPSA) is 81.3 Å². The summed E-state index contributed by atoms with van der Waals surface area (Å²) in [6.07, 6.45) is 1.38. The zero-order chi connectivity index (χ0) is 19.7. The molecule has 7 nitrogen and oxygen atoms in total. The Labute approximate surface area is 166 Å². The molecule has 0 unspecified atom stereocenters. The van der Waals surface area contributed by atoms with Crippen LogP contribution < -0.4 is 10.9 Å². The Morgan fingerprint density at radius 2 is 1.82 bits per heavy atom. The van der Waals surface area contributed by atoms with Gasteiger partial charge in [0.25, 0.3) is 5.56 Å². The summed E-state index contributed by atoms with van der Waals surface area (Å²) in [5.41, 5.74) is 1.78. The summed E-state index contributed by atoms with van der Waals surface area (Å²) >= 11 is 3.38. The molecular formula is C19H13BrFN5O2. The predicted molar refractivity (Wildman–Crippen MR) is 105 cm³/mol. The number of amides is 1. The van der Waals surface area contributed by atoms with Crippen LogP contribution in [0.4, 0.5) is 10.1 Å². The molecule has 1 N–H and O–H groups in total. The zero-order valence-corrected chi connectivity index (χ0v) is 15.9. The number of carbonyl (C=O) groups is 1. The van der Waals surface area contributed by atoms with E-state index in [4.69, 9.17) is 0 Å². The number of rotatable bonds is 4. The van der Waals surface area contributed by atoms with Crippen LogP contribution in [0.5, 0.6) is 0 Å². The van der Waals surface area contributed by atoms with E-state index in [0.29, 0.717) is 16.9 Å². The standard InChI is InChI=1S/C19H13BrFN5O2/c20-13-3-1-12(2-4-13)16-9-17-19(28)25(22-11-26(17)24-16)10-18(27)23-15-7-5-14(21)6-8-15/h1-9,11H,10H2,(H,23,27). The van der Waals surface area contributed by atoms with Gasteiger partial charge in [0.15, 0.2) is 0 Å². The maximum absolute atomic E-state index is 12.9. The number of aromatic nitrogens is 4. The lowest BCUT2D eigenvalue weighted by Gasteiger charge is -2.06. The van der Waals surface area contributed by atoms with Gasteiger partial charge in [-0.2, -0.15) is 10.2 Å². The Kier molecular flexibility index (Phi) is 4.74. The predicted octanol–water partition coefficient (Wildman–Crippen LogP) is 3.10. The first-order valence-corrected chi connectivity index (χ1v) is 9.06. The van der Waals surface area contributed by atoms with Crippen LogP contribution in [-0.2, 0) is 11.3 Å².